The fraction of sp³-hybridized carbons (Fsp3) is 0.898. The number of ether oxygens (including phenoxy) is 13. The van der Waals surface area contributed by atoms with E-state index in [0.29, 0.717) is 87.0 Å². The number of fused-ring (bicyclic) bond motifs is 15. The van der Waals surface area contributed by atoms with Gasteiger partial charge in [0.15, 0.2) is 11.6 Å². The average Bonchev–Trinajstić information content (AvgIpc) is 1.60. The van der Waals surface area contributed by atoms with Crippen LogP contribution in [0.15, 0.2) is 0 Å². The number of carbonyl (C=O) groups excluding carboxylic acids is 9. The maximum Gasteiger partial charge on any atom is 0.312 e. The minimum atomic E-state index is -0.566. The van der Waals surface area contributed by atoms with Gasteiger partial charge in [0.2, 0.25) is 0 Å². The first-order valence-corrected chi connectivity index (χ1v) is 42.7. The molecule has 0 aromatic heterocycles. The summed E-state index contributed by atoms with van der Waals surface area (Å²) in [6.45, 7) is 47.3. The lowest BCUT2D eigenvalue weighted by molar-refractivity contribution is -0.300. The Hall–Kier alpha value is -4.93. The molecule has 8 aliphatic carbocycles. The number of hydrogen-bond acceptors (Lipinski definition) is 22. The SMILES string of the molecule is CCC(C)(C)C(=O)OC1(C)CCCC1.CCC(C)(C)C(=O)OC1CC2CC1C1COC(=O)C21.CCC(C)(C)C(=O)OC1CC2CC1C1COC(=O)C21.CCC(C)(C)C(=O)OC1CC2CC1C1COC(=O)C21.CCC(C)(C)C(=O)OC1COC(C)(C)OC1.CCC(COC(=O)C(C)(C)CC)C1COC2(CCCCC2)OC1. The molecule has 110 heavy (non-hydrogen) atoms. The van der Waals surface area contributed by atoms with Crippen LogP contribution in [0.4, 0.5) is 0 Å². The second-order valence-corrected chi connectivity index (χ2v) is 39.1. The zero-order chi connectivity index (χ0) is 81.5. The lowest BCUT2D eigenvalue weighted by Crippen LogP contribution is -2.47. The molecular formula is C88H144O22. The van der Waals surface area contributed by atoms with Crippen LogP contribution in [0.25, 0.3) is 0 Å². The quantitative estimate of drug-likeness (QED) is 0.0763. The molecule has 0 N–H and O–H groups in total. The first kappa shape index (κ1) is 90.6. The van der Waals surface area contributed by atoms with Crippen molar-refractivity contribution in [2.24, 2.45) is 115 Å². The molecule has 13 aliphatic rings. The van der Waals surface area contributed by atoms with Crippen LogP contribution in [0.3, 0.4) is 0 Å². The molecule has 0 aromatic rings. The molecule has 5 aliphatic heterocycles. The van der Waals surface area contributed by atoms with Gasteiger partial charge in [0.25, 0.3) is 0 Å². The van der Waals surface area contributed by atoms with Gasteiger partial charge in [-0.15, -0.1) is 0 Å². The van der Waals surface area contributed by atoms with Gasteiger partial charge in [-0.05, 0) is 244 Å². The molecule has 22 nitrogen and oxygen atoms in total. The molecule has 0 amide bonds. The average molecular weight is 1550 g/mol. The Kier molecular flexibility index (Phi) is 30.4. The third-order valence-electron chi connectivity index (χ3n) is 28.6. The van der Waals surface area contributed by atoms with E-state index in [1.54, 1.807) is 0 Å². The smallest absolute Gasteiger partial charge is 0.312 e. The van der Waals surface area contributed by atoms with Crippen molar-refractivity contribution in [3.05, 3.63) is 0 Å². The molecule has 8 saturated carbocycles. The molecule has 5 heterocycles. The highest BCUT2D eigenvalue weighted by Crippen LogP contribution is 2.59. The topological polar surface area (TPSA) is 274 Å². The second-order valence-electron chi connectivity index (χ2n) is 39.1. The highest BCUT2D eigenvalue weighted by atomic mass is 16.7. The van der Waals surface area contributed by atoms with Gasteiger partial charge in [-0.25, -0.2) is 0 Å². The Balaban J connectivity index is 0.000000167. The van der Waals surface area contributed by atoms with Crippen molar-refractivity contribution in [1.29, 1.82) is 0 Å². The van der Waals surface area contributed by atoms with E-state index in [9.17, 15) is 43.2 Å². The van der Waals surface area contributed by atoms with Crippen LogP contribution in [0.1, 0.15) is 294 Å². The van der Waals surface area contributed by atoms with E-state index in [4.69, 9.17) is 61.6 Å². The minimum absolute atomic E-state index is 0.000856. The van der Waals surface area contributed by atoms with Crippen molar-refractivity contribution in [2.75, 3.05) is 52.9 Å². The molecule has 6 bridgehead atoms. The molecule has 13 fully saturated rings. The molecule has 16 unspecified atom stereocenters. The predicted octanol–water partition coefficient (Wildman–Crippen LogP) is 16.2. The molecule has 5 saturated heterocycles. The van der Waals surface area contributed by atoms with Crippen molar-refractivity contribution in [3.63, 3.8) is 0 Å². The van der Waals surface area contributed by atoms with Crippen LogP contribution in [0, 0.1) is 115 Å². The fourth-order valence-electron chi connectivity index (χ4n) is 17.9. The van der Waals surface area contributed by atoms with Crippen molar-refractivity contribution in [2.45, 2.75) is 335 Å². The van der Waals surface area contributed by atoms with Gasteiger partial charge in [0.05, 0.1) is 103 Å². The molecule has 13 rings (SSSR count). The molecule has 0 radical (unpaired) electrons. The summed E-state index contributed by atoms with van der Waals surface area (Å²) in [6.07, 6.45) is 21.2. The van der Waals surface area contributed by atoms with Crippen LogP contribution < -0.4 is 0 Å². The third-order valence-corrected chi connectivity index (χ3v) is 28.6. The largest absolute Gasteiger partial charge is 0.465 e. The molecular weight excluding hydrogens is 1410 g/mol. The number of hydrogen-bond donors (Lipinski definition) is 0. The minimum Gasteiger partial charge on any atom is -0.465 e. The Morgan fingerprint density at radius 1 is 0.382 bits per heavy atom. The van der Waals surface area contributed by atoms with E-state index >= 15 is 0 Å². The zero-order valence-electron chi connectivity index (χ0n) is 71.6. The Morgan fingerprint density at radius 3 is 1.04 bits per heavy atom. The van der Waals surface area contributed by atoms with Gasteiger partial charge >= 0.3 is 53.7 Å². The number of cyclic esters (lactones) is 3. The van der Waals surface area contributed by atoms with Crippen molar-refractivity contribution >= 4 is 53.7 Å². The summed E-state index contributed by atoms with van der Waals surface area (Å²) >= 11 is 0. The lowest BCUT2D eigenvalue weighted by atomic mass is 9.79. The molecule has 16 atom stereocenters. The van der Waals surface area contributed by atoms with Gasteiger partial charge in [-0.3, -0.25) is 43.2 Å². The Morgan fingerprint density at radius 2 is 0.700 bits per heavy atom. The normalized spacial score (nSPS) is 32.1. The number of esters is 9. The molecule has 1 spiro atoms. The van der Waals surface area contributed by atoms with Crippen LogP contribution in [0.2, 0.25) is 0 Å². The van der Waals surface area contributed by atoms with E-state index in [0.717, 1.165) is 122 Å². The summed E-state index contributed by atoms with van der Waals surface area (Å²) in [5.41, 5.74) is -2.58. The summed E-state index contributed by atoms with van der Waals surface area (Å²) in [5, 5.41) is 0. The molecule has 22 heteroatoms. The number of rotatable bonds is 21. The highest BCUT2D eigenvalue weighted by Gasteiger charge is 2.63. The van der Waals surface area contributed by atoms with E-state index in [1.165, 1.54) is 32.1 Å². The summed E-state index contributed by atoms with van der Waals surface area (Å²) in [4.78, 5) is 107. The summed E-state index contributed by atoms with van der Waals surface area (Å²) in [7, 11) is 0. The van der Waals surface area contributed by atoms with Crippen molar-refractivity contribution in [3.8, 4) is 0 Å². The number of carbonyl (C=O) groups is 9. The van der Waals surface area contributed by atoms with E-state index in [2.05, 4.69) is 13.8 Å². The van der Waals surface area contributed by atoms with Crippen LogP contribution in [-0.4, -0.2) is 148 Å². The van der Waals surface area contributed by atoms with E-state index in [-0.39, 0.29) is 130 Å². The van der Waals surface area contributed by atoms with Gasteiger partial charge in [-0.1, -0.05) is 54.9 Å². The predicted molar refractivity (Wildman–Crippen MR) is 411 cm³/mol. The summed E-state index contributed by atoms with van der Waals surface area (Å²) in [6, 6.07) is 0. The maximum absolute atomic E-state index is 12.2. The standard InChI is InChI=1S/C19H34O4.3C15H22O4.C12H22O4.C12H22O2/c1-5-15(12-21-17(20)18(3,4)6-2)16-13-22-19(23-14-16)10-8-7-9-11-19;3*1-4-15(2,3)14(17)19-11-6-8-5-9(11)10-7-18-13(16)12(8)10;1-6-11(2,3)10(13)16-9-7-14-12(4,5)15-8-9;1-5-11(2,3)10(13)14-12(4)8-6-7-9-12/h15-16H,5-14H2,1-4H3;3*8-12H,4-7H2,1-3H3;9H,6-8H2,1-5H3;5-9H2,1-4H3. The Bertz CT molecular complexity index is 2940. The second kappa shape index (κ2) is 36.9. The zero-order valence-corrected chi connectivity index (χ0v) is 71.6. The van der Waals surface area contributed by atoms with E-state index < -0.39 is 32.9 Å². The van der Waals surface area contributed by atoms with Crippen molar-refractivity contribution in [1.82, 2.24) is 0 Å². The van der Waals surface area contributed by atoms with Gasteiger partial charge in [-0.2, -0.15) is 0 Å². The van der Waals surface area contributed by atoms with Crippen LogP contribution in [0.5, 0.6) is 0 Å². The fourth-order valence-corrected chi connectivity index (χ4v) is 17.9. The first-order valence-electron chi connectivity index (χ1n) is 42.7. The summed E-state index contributed by atoms with van der Waals surface area (Å²) in [5.74, 6) is 2.24. The lowest BCUT2D eigenvalue weighted by Gasteiger charge is -2.44. The monoisotopic (exact) mass is 1550 g/mol. The van der Waals surface area contributed by atoms with Crippen LogP contribution >= 0.6 is 0 Å². The maximum atomic E-state index is 12.2. The Labute approximate surface area is 658 Å². The first-order chi connectivity index (χ1) is 51.4. The van der Waals surface area contributed by atoms with Crippen LogP contribution in [-0.2, 0) is 105 Å². The van der Waals surface area contributed by atoms with Gasteiger partial charge < -0.3 is 61.6 Å². The highest BCUT2D eigenvalue weighted by molar-refractivity contribution is 5.80. The van der Waals surface area contributed by atoms with E-state index in [1.807, 2.05) is 138 Å². The molecule has 628 valence electrons. The van der Waals surface area contributed by atoms with Crippen molar-refractivity contribution < 1.29 is 105 Å². The molecule has 0 aromatic carbocycles. The summed E-state index contributed by atoms with van der Waals surface area (Å²) < 4.78 is 72.4. The van der Waals surface area contributed by atoms with Gasteiger partial charge in [0.1, 0.15) is 30.0 Å². The van der Waals surface area contributed by atoms with Gasteiger partial charge in [0, 0.05) is 60.2 Å². The third kappa shape index (κ3) is 21.6.